The van der Waals surface area contributed by atoms with Crippen molar-refractivity contribution in [2.75, 3.05) is 6.54 Å². The molecule has 20 heavy (non-hydrogen) atoms. The van der Waals surface area contributed by atoms with Gasteiger partial charge in [-0.1, -0.05) is 0 Å². The van der Waals surface area contributed by atoms with E-state index in [4.69, 9.17) is 4.42 Å². The number of aromatic nitrogens is 1. The molecule has 0 aliphatic rings. The van der Waals surface area contributed by atoms with Crippen LogP contribution in [0, 0.1) is 19.7 Å². The Morgan fingerprint density at radius 1 is 1.35 bits per heavy atom. The fourth-order valence-corrected chi connectivity index (χ4v) is 3.08. The third-order valence-electron chi connectivity index (χ3n) is 2.77. The molecule has 0 saturated heterocycles. The van der Waals surface area contributed by atoms with Crippen LogP contribution in [0.1, 0.15) is 17.1 Å². The van der Waals surface area contributed by atoms with Crippen LogP contribution in [-0.2, 0) is 16.4 Å². The molecule has 0 saturated carbocycles. The van der Waals surface area contributed by atoms with Gasteiger partial charge in [0.1, 0.15) is 12.1 Å². The first-order valence-corrected chi connectivity index (χ1v) is 7.53. The summed E-state index contributed by atoms with van der Waals surface area (Å²) < 4.78 is 44.6. The Morgan fingerprint density at radius 2 is 2.10 bits per heavy atom. The maximum absolute atomic E-state index is 13.0. The van der Waals surface area contributed by atoms with Gasteiger partial charge in [-0.05, 0) is 30.7 Å². The molecule has 0 bridgehead atoms. The molecule has 1 heterocycles. The zero-order valence-electron chi connectivity index (χ0n) is 11.2. The van der Waals surface area contributed by atoms with Gasteiger partial charge >= 0.3 is 0 Å². The first kappa shape index (κ1) is 14.7. The first-order valence-electron chi connectivity index (χ1n) is 6.05. The Morgan fingerprint density at radius 3 is 2.70 bits per heavy atom. The largest absolute Gasteiger partial charge is 0.449 e. The van der Waals surface area contributed by atoms with Crippen LogP contribution in [0.25, 0.3) is 0 Å². The average molecular weight is 298 g/mol. The highest BCUT2D eigenvalue weighted by Crippen LogP contribution is 2.15. The molecule has 2 aromatic rings. The fraction of sp³-hybridized carbons (Fsp3) is 0.308. The van der Waals surface area contributed by atoms with Crippen molar-refractivity contribution >= 4 is 10.0 Å². The van der Waals surface area contributed by atoms with Crippen molar-refractivity contribution in [2.24, 2.45) is 0 Å². The predicted molar refractivity (Wildman–Crippen MR) is 71.3 cm³/mol. The summed E-state index contributed by atoms with van der Waals surface area (Å²) >= 11 is 0. The van der Waals surface area contributed by atoms with Crippen LogP contribution in [0.2, 0.25) is 0 Å². The van der Waals surface area contributed by atoms with E-state index in [2.05, 4.69) is 9.71 Å². The minimum Gasteiger partial charge on any atom is -0.449 e. The summed E-state index contributed by atoms with van der Waals surface area (Å²) in [6, 6.07) is 3.57. The van der Waals surface area contributed by atoms with E-state index in [1.807, 2.05) is 0 Å². The minimum absolute atomic E-state index is 0.0789. The van der Waals surface area contributed by atoms with Crippen LogP contribution in [0.15, 0.2) is 33.8 Å². The lowest BCUT2D eigenvalue weighted by Crippen LogP contribution is -2.26. The molecule has 0 spiro atoms. The van der Waals surface area contributed by atoms with E-state index >= 15 is 0 Å². The Hall–Kier alpha value is -1.73. The van der Waals surface area contributed by atoms with Crippen LogP contribution in [0.4, 0.5) is 4.39 Å². The molecule has 2 rings (SSSR count). The number of benzene rings is 1. The number of oxazole rings is 1. The molecule has 0 aliphatic carbocycles. The summed E-state index contributed by atoms with van der Waals surface area (Å²) in [6.45, 7) is 3.47. The van der Waals surface area contributed by atoms with Gasteiger partial charge in [0.25, 0.3) is 0 Å². The van der Waals surface area contributed by atoms with Gasteiger partial charge in [-0.2, -0.15) is 0 Å². The van der Waals surface area contributed by atoms with Gasteiger partial charge in [-0.25, -0.2) is 22.5 Å². The molecule has 7 heteroatoms. The summed E-state index contributed by atoms with van der Waals surface area (Å²) in [5.41, 5.74) is 1.05. The van der Waals surface area contributed by atoms with Gasteiger partial charge in [-0.3, -0.25) is 0 Å². The maximum Gasteiger partial charge on any atom is 0.240 e. The minimum atomic E-state index is -3.65. The SMILES string of the molecule is Cc1nc(CCNS(=O)(=O)c2ccc(F)cc2C)co1. The quantitative estimate of drug-likeness (QED) is 0.915. The van der Waals surface area contributed by atoms with Crippen molar-refractivity contribution in [3.8, 4) is 0 Å². The van der Waals surface area contributed by atoms with Gasteiger partial charge in [0.2, 0.25) is 10.0 Å². The lowest BCUT2D eigenvalue weighted by Gasteiger charge is -2.08. The Bertz CT molecular complexity index is 710. The lowest BCUT2D eigenvalue weighted by atomic mass is 10.2. The van der Waals surface area contributed by atoms with Gasteiger partial charge in [0.05, 0.1) is 10.6 Å². The number of hydrogen-bond donors (Lipinski definition) is 1. The smallest absolute Gasteiger partial charge is 0.240 e. The monoisotopic (exact) mass is 298 g/mol. The standard InChI is InChI=1S/C13H15FN2O3S/c1-9-7-11(14)3-4-13(9)20(17,18)15-6-5-12-8-19-10(2)16-12/h3-4,7-8,15H,5-6H2,1-2H3. The molecule has 0 radical (unpaired) electrons. The second kappa shape index (κ2) is 5.72. The lowest BCUT2D eigenvalue weighted by molar-refractivity contribution is 0.520. The van der Waals surface area contributed by atoms with Crippen molar-refractivity contribution in [2.45, 2.75) is 25.2 Å². The fourth-order valence-electron chi connectivity index (χ4n) is 1.83. The topological polar surface area (TPSA) is 72.2 Å². The third-order valence-corrected chi connectivity index (χ3v) is 4.39. The molecule has 0 fully saturated rings. The Kier molecular flexibility index (Phi) is 4.20. The first-order chi connectivity index (χ1) is 9.38. The Labute approximate surface area is 116 Å². The normalized spacial score (nSPS) is 11.8. The molecule has 0 unspecified atom stereocenters. The molecular weight excluding hydrogens is 283 g/mol. The van der Waals surface area contributed by atoms with E-state index in [-0.39, 0.29) is 11.4 Å². The number of nitrogens with one attached hydrogen (secondary N) is 1. The summed E-state index contributed by atoms with van der Waals surface area (Å²) in [4.78, 5) is 4.16. The zero-order chi connectivity index (χ0) is 14.8. The van der Waals surface area contributed by atoms with E-state index < -0.39 is 15.8 Å². The summed E-state index contributed by atoms with van der Waals surface area (Å²) in [5.74, 6) is 0.0803. The van der Waals surface area contributed by atoms with Crippen molar-refractivity contribution in [1.82, 2.24) is 9.71 Å². The number of halogens is 1. The van der Waals surface area contributed by atoms with Crippen LogP contribution in [0.3, 0.4) is 0 Å². The molecule has 1 aromatic heterocycles. The van der Waals surface area contributed by atoms with Crippen molar-refractivity contribution in [3.63, 3.8) is 0 Å². The highest BCUT2D eigenvalue weighted by Gasteiger charge is 2.16. The molecule has 0 aliphatic heterocycles. The van der Waals surface area contributed by atoms with E-state index in [1.165, 1.54) is 18.4 Å². The second-order valence-electron chi connectivity index (χ2n) is 4.42. The van der Waals surface area contributed by atoms with Crippen LogP contribution in [-0.4, -0.2) is 19.9 Å². The highest BCUT2D eigenvalue weighted by atomic mass is 32.2. The molecule has 0 atom stereocenters. The number of hydrogen-bond acceptors (Lipinski definition) is 4. The van der Waals surface area contributed by atoms with Crippen molar-refractivity contribution in [3.05, 3.63) is 47.4 Å². The third kappa shape index (κ3) is 3.43. The zero-order valence-corrected chi connectivity index (χ0v) is 12.0. The molecule has 108 valence electrons. The molecule has 5 nitrogen and oxygen atoms in total. The Balaban J connectivity index is 2.04. The van der Waals surface area contributed by atoms with Crippen LogP contribution in [0.5, 0.6) is 0 Å². The van der Waals surface area contributed by atoms with E-state index in [9.17, 15) is 12.8 Å². The van der Waals surface area contributed by atoms with Crippen LogP contribution < -0.4 is 4.72 Å². The molecular formula is C13H15FN2O3S. The number of aryl methyl sites for hydroxylation is 2. The van der Waals surface area contributed by atoms with Gasteiger partial charge in [-0.15, -0.1) is 0 Å². The summed E-state index contributed by atoms with van der Waals surface area (Å²) in [5, 5.41) is 0. The van der Waals surface area contributed by atoms with Gasteiger partial charge in [0, 0.05) is 19.9 Å². The van der Waals surface area contributed by atoms with Gasteiger partial charge in [0.15, 0.2) is 5.89 Å². The van der Waals surface area contributed by atoms with E-state index in [0.717, 1.165) is 6.07 Å². The van der Waals surface area contributed by atoms with Crippen LogP contribution >= 0.6 is 0 Å². The predicted octanol–water partition coefficient (Wildman–Crippen LogP) is 1.95. The number of nitrogens with zero attached hydrogens (tertiary/aromatic N) is 1. The van der Waals surface area contributed by atoms with Crippen molar-refractivity contribution < 1.29 is 17.2 Å². The summed E-state index contributed by atoms with van der Waals surface area (Å²) in [7, 11) is -3.65. The number of sulfonamides is 1. The van der Waals surface area contributed by atoms with E-state index in [1.54, 1.807) is 13.8 Å². The van der Waals surface area contributed by atoms with E-state index in [0.29, 0.717) is 23.6 Å². The molecule has 1 N–H and O–H groups in total. The number of rotatable bonds is 5. The molecule has 1 aromatic carbocycles. The highest BCUT2D eigenvalue weighted by molar-refractivity contribution is 7.89. The van der Waals surface area contributed by atoms with Crippen molar-refractivity contribution in [1.29, 1.82) is 0 Å². The summed E-state index contributed by atoms with van der Waals surface area (Å²) in [6.07, 6.45) is 1.92. The maximum atomic E-state index is 13.0. The average Bonchev–Trinajstić information content (AvgIpc) is 2.74. The van der Waals surface area contributed by atoms with Gasteiger partial charge < -0.3 is 4.42 Å². The second-order valence-corrected chi connectivity index (χ2v) is 6.15. The molecule has 0 amide bonds.